The van der Waals surface area contributed by atoms with Gasteiger partial charge in [0.1, 0.15) is 5.75 Å². The summed E-state index contributed by atoms with van der Waals surface area (Å²) in [6, 6.07) is 8.15. The summed E-state index contributed by atoms with van der Waals surface area (Å²) in [4.78, 5) is 16.3. The van der Waals surface area contributed by atoms with Crippen LogP contribution in [0.25, 0.3) is 0 Å². The summed E-state index contributed by atoms with van der Waals surface area (Å²) in [5.74, 6) is 1.60. The van der Waals surface area contributed by atoms with Crippen molar-refractivity contribution in [1.29, 1.82) is 0 Å². The normalized spacial score (nSPS) is 19.4. The van der Waals surface area contributed by atoms with Crippen molar-refractivity contribution in [3.8, 4) is 5.75 Å². The Morgan fingerprint density at radius 1 is 1.15 bits per heavy atom. The third kappa shape index (κ3) is 2.74. The Hall–Kier alpha value is -1.71. The van der Waals surface area contributed by atoms with Gasteiger partial charge in [-0.2, -0.15) is 0 Å². The van der Waals surface area contributed by atoms with E-state index in [1.54, 1.807) is 7.11 Å². The van der Waals surface area contributed by atoms with Gasteiger partial charge in [-0.3, -0.25) is 0 Å². The molecule has 1 aromatic rings. The molecule has 0 N–H and O–H groups in total. The average Bonchev–Trinajstić information content (AvgIpc) is 2.76. The van der Waals surface area contributed by atoms with Gasteiger partial charge in [0.2, 0.25) is 0 Å². The summed E-state index contributed by atoms with van der Waals surface area (Å²) in [7, 11) is 1.66. The molecular weight excluding hydrogens is 252 g/mol. The van der Waals surface area contributed by atoms with Crippen LogP contribution in [0.5, 0.6) is 5.75 Å². The molecule has 3 rings (SSSR count). The maximum absolute atomic E-state index is 12.3. The first kappa shape index (κ1) is 13.3. The molecule has 1 saturated heterocycles. The number of ether oxygens (including phenoxy) is 1. The fourth-order valence-corrected chi connectivity index (χ4v) is 2.89. The second-order valence-electron chi connectivity index (χ2n) is 5.80. The molecule has 2 fully saturated rings. The molecular formula is C16H22N2O2. The Kier molecular flexibility index (Phi) is 3.81. The SMILES string of the molecule is COc1ccc(CN2CCN(CC3CCC3)C2=O)cc1. The van der Waals surface area contributed by atoms with Gasteiger partial charge in [-0.05, 0) is 36.5 Å². The van der Waals surface area contributed by atoms with Gasteiger partial charge in [0.05, 0.1) is 7.11 Å². The van der Waals surface area contributed by atoms with Crippen LogP contribution in [-0.2, 0) is 6.54 Å². The summed E-state index contributed by atoms with van der Waals surface area (Å²) in [5.41, 5.74) is 1.16. The number of hydrogen-bond donors (Lipinski definition) is 0. The minimum absolute atomic E-state index is 0.202. The van der Waals surface area contributed by atoms with E-state index in [0.717, 1.165) is 36.9 Å². The van der Waals surface area contributed by atoms with Crippen LogP contribution in [0.4, 0.5) is 4.79 Å². The highest BCUT2D eigenvalue weighted by atomic mass is 16.5. The third-order valence-electron chi connectivity index (χ3n) is 4.42. The zero-order valence-corrected chi connectivity index (χ0v) is 12.0. The van der Waals surface area contributed by atoms with Crippen molar-refractivity contribution < 1.29 is 9.53 Å². The first-order chi connectivity index (χ1) is 9.76. The van der Waals surface area contributed by atoms with E-state index in [2.05, 4.69) is 0 Å². The highest BCUT2D eigenvalue weighted by Gasteiger charge is 2.31. The van der Waals surface area contributed by atoms with Crippen LogP contribution in [-0.4, -0.2) is 42.6 Å². The van der Waals surface area contributed by atoms with Gasteiger partial charge in [0, 0.05) is 26.2 Å². The van der Waals surface area contributed by atoms with Crippen LogP contribution in [0.1, 0.15) is 24.8 Å². The Bertz CT molecular complexity index is 468. The molecule has 4 nitrogen and oxygen atoms in total. The molecule has 0 aromatic heterocycles. The minimum Gasteiger partial charge on any atom is -0.497 e. The molecule has 2 aliphatic rings. The summed E-state index contributed by atoms with van der Waals surface area (Å²) in [6.45, 7) is 3.38. The number of methoxy groups -OCH3 is 1. The summed E-state index contributed by atoms with van der Waals surface area (Å²) in [6.07, 6.45) is 3.92. The van der Waals surface area contributed by atoms with Crippen LogP contribution in [0, 0.1) is 5.92 Å². The van der Waals surface area contributed by atoms with Crippen LogP contribution in [0.3, 0.4) is 0 Å². The lowest BCUT2D eigenvalue weighted by molar-refractivity contribution is 0.171. The molecule has 2 amide bonds. The van der Waals surface area contributed by atoms with Crippen molar-refractivity contribution in [2.75, 3.05) is 26.7 Å². The van der Waals surface area contributed by atoms with Gasteiger partial charge in [-0.15, -0.1) is 0 Å². The topological polar surface area (TPSA) is 32.8 Å². The largest absolute Gasteiger partial charge is 0.497 e. The van der Waals surface area contributed by atoms with E-state index in [0.29, 0.717) is 6.54 Å². The molecule has 20 heavy (non-hydrogen) atoms. The minimum atomic E-state index is 0.202. The number of carbonyl (C=O) groups is 1. The molecule has 0 atom stereocenters. The fourth-order valence-electron chi connectivity index (χ4n) is 2.89. The zero-order chi connectivity index (χ0) is 13.9. The summed E-state index contributed by atoms with van der Waals surface area (Å²) in [5, 5.41) is 0. The first-order valence-electron chi connectivity index (χ1n) is 7.43. The molecule has 1 aromatic carbocycles. The highest BCUT2D eigenvalue weighted by molar-refractivity contribution is 5.76. The Balaban J connectivity index is 1.56. The fraction of sp³-hybridized carbons (Fsp3) is 0.562. The summed E-state index contributed by atoms with van der Waals surface area (Å²) >= 11 is 0. The molecule has 0 bridgehead atoms. The van der Waals surface area contributed by atoms with Crippen LogP contribution < -0.4 is 4.74 Å². The van der Waals surface area contributed by atoms with E-state index in [1.165, 1.54) is 19.3 Å². The number of benzene rings is 1. The van der Waals surface area contributed by atoms with E-state index >= 15 is 0 Å². The van der Waals surface area contributed by atoms with Gasteiger partial charge < -0.3 is 14.5 Å². The van der Waals surface area contributed by atoms with Crippen LogP contribution in [0.15, 0.2) is 24.3 Å². The standard InChI is InChI=1S/C16H22N2O2/c1-20-15-7-5-14(6-8-15)12-18-10-9-17(16(18)19)11-13-3-2-4-13/h5-8,13H,2-4,9-12H2,1H3. The molecule has 1 aliphatic heterocycles. The monoisotopic (exact) mass is 274 g/mol. The first-order valence-corrected chi connectivity index (χ1v) is 7.43. The number of carbonyl (C=O) groups excluding carboxylic acids is 1. The lowest BCUT2D eigenvalue weighted by Gasteiger charge is -2.29. The molecule has 0 unspecified atom stereocenters. The Morgan fingerprint density at radius 3 is 2.45 bits per heavy atom. The number of rotatable bonds is 5. The van der Waals surface area contributed by atoms with Crippen molar-refractivity contribution in [2.24, 2.45) is 5.92 Å². The van der Waals surface area contributed by atoms with Gasteiger partial charge in [-0.1, -0.05) is 18.6 Å². The predicted octanol–water partition coefficient (Wildman–Crippen LogP) is 2.73. The van der Waals surface area contributed by atoms with Crippen LogP contribution >= 0.6 is 0 Å². The van der Waals surface area contributed by atoms with Crippen molar-refractivity contribution in [1.82, 2.24) is 9.80 Å². The van der Waals surface area contributed by atoms with E-state index in [1.807, 2.05) is 34.1 Å². The van der Waals surface area contributed by atoms with Crippen molar-refractivity contribution in [2.45, 2.75) is 25.8 Å². The van der Waals surface area contributed by atoms with Crippen LogP contribution in [0.2, 0.25) is 0 Å². The predicted molar refractivity (Wildman–Crippen MR) is 77.7 cm³/mol. The second kappa shape index (κ2) is 5.73. The van der Waals surface area contributed by atoms with Gasteiger partial charge in [0.25, 0.3) is 0 Å². The number of hydrogen-bond acceptors (Lipinski definition) is 2. The van der Waals surface area contributed by atoms with E-state index in [-0.39, 0.29) is 6.03 Å². The van der Waals surface area contributed by atoms with Gasteiger partial charge in [-0.25, -0.2) is 4.79 Å². The molecule has 0 spiro atoms. The average molecular weight is 274 g/mol. The smallest absolute Gasteiger partial charge is 0.320 e. The molecule has 1 saturated carbocycles. The molecule has 4 heteroatoms. The van der Waals surface area contributed by atoms with E-state index in [4.69, 9.17) is 4.74 Å². The molecule has 1 heterocycles. The third-order valence-corrected chi connectivity index (χ3v) is 4.42. The maximum Gasteiger partial charge on any atom is 0.320 e. The number of nitrogens with zero attached hydrogens (tertiary/aromatic N) is 2. The zero-order valence-electron chi connectivity index (χ0n) is 12.0. The molecule has 1 aliphatic carbocycles. The van der Waals surface area contributed by atoms with Gasteiger partial charge in [0.15, 0.2) is 0 Å². The summed E-state index contributed by atoms with van der Waals surface area (Å²) < 4.78 is 5.15. The van der Waals surface area contributed by atoms with E-state index in [9.17, 15) is 4.79 Å². The van der Waals surface area contributed by atoms with Gasteiger partial charge >= 0.3 is 6.03 Å². The quantitative estimate of drug-likeness (QED) is 0.827. The van der Waals surface area contributed by atoms with Crippen molar-refractivity contribution in [3.63, 3.8) is 0 Å². The molecule has 108 valence electrons. The Labute approximate surface area is 120 Å². The highest BCUT2D eigenvalue weighted by Crippen LogP contribution is 2.28. The lowest BCUT2D eigenvalue weighted by Crippen LogP contribution is -2.36. The van der Waals surface area contributed by atoms with Crippen molar-refractivity contribution in [3.05, 3.63) is 29.8 Å². The number of urea groups is 1. The maximum atomic E-state index is 12.3. The Morgan fingerprint density at radius 2 is 1.85 bits per heavy atom. The van der Waals surface area contributed by atoms with E-state index < -0.39 is 0 Å². The lowest BCUT2D eigenvalue weighted by atomic mass is 9.85. The second-order valence-corrected chi connectivity index (χ2v) is 5.80. The van der Waals surface area contributed by atoms with Crippen molar-refractivity contribution >= 4 is 6.03 Å². The number of amides is 2. The molecule has 0 radical (unpaired) electrons.